The van der Waals surface area contributed by atoms with Gasteiger partial charge in [-0.15, -0.1) is 0 Å². The second kappa shape index (κ2) is 10.3. The average Bonchev–Trinajstić information content (AvgIpc) is 3.68. The molecule has 11 heteroatoms. The van der Waals surface area contributed by atoms with Gasteiger partial charge in [0.05, 0.1) is 39.5 Å². The maximum atomic E-state index is 14.2. The molecule has 10 nitrogen and oxygen atoms in total. The van der Waals surface area contributed by atoms with Crippen molar-refractivity contribution in [2.45, 2.75) is 13.0 Å². The largest absolute Gasteiger partial charge is 0.463 e. The summed E-state index contributed by atoms with van der Waals surface area (Å²) in [6.45, 7) is 1.99. The standard InChI is InChI=1S/C32H26N4O6S/c1-4-40-30(38)26-27(19-8-6-5-7-9-19)33-31-36(28(26)20-11-13-23-24(16-20)42-17-41-23)29(37)25(43-31)15-18-10-12-21-22(14-18)35(3)32(39)34(21)2/h5-16,28H,4,17H2,1-3H3/b25-15+. The van der Waals surface area contributed by atoms with Crippen molar-refractivity contribution in [1.29, 1.82) is 0 Å². The molecule has 0 saturated heterocycles. The Bertz CT molecular complexity index is 2220. The summed E-state index contributed by atoms with van der Waals surface area (Å²) < 4.78 is 21.8. The highest BCUT2D eigenvalue weighted by Crippen LogP contribution is 2.40. The zero-order valence-corrected chi connectivity index (χ0v) is 24.4. The van der Waals surface area contributed by atoms with Gasteiger partial charge in [-0.05, 0) is 48.4 Å². The van der Waals surface area contributed by atoms with Crippen molar-refractivity contribution < 1.29 is 19.0 Å². The summed E-state index contributed by atoms with van der Waals surface area (Å²) in [6.07, 6.45) is 1.79. The second-order valence-electron chi connectivity index (χ2n) is 10.2. The third-order valence-electron chi connectivity index (χ3n) is 7.68. The molecule has 0 radical (unpaired) electrons. The maximum absolute atomic E-state index is 14.2. The Kier molecular flexibility index (Phi) is 6.39. The first-order valence-electron chi connectivity index (χ1n) is 13.7. The van der Waals surface area contributed by atoms with Gasteiger partial charge in [-0.3, -0.25) is 18.5 Å². The van der Waals surface area contributed by atoms with E-state index in [-0.39, 0.29) is 30.2 Å². The Morgan fingerprint density at radius 2 is 1.77 bits per heavy atom. The van der Waals surface area contributed by atoms with Gasteiger partial charge < -0.3 is 14.2 Å². The molecule has 0 spiro atoms. The van der Waals surface area contributed by atoms with Crippen LogP contribution in [-0.4, -0.2) is 33.1 Å². The number of rotatable bonds is 5. The number of hydrogen-bond acceptors (Lipinski definition) is 8. The van der Waals surface area contributed by atoms with Gasteiger partial charge in [-0.1, -0.05) is 53.8 Å². The Balaban J connectivity index is 1.49. The van der Waals surface area contributed by atoms with Gasteiger partial charge in [-0.2, -0.15) is 0 Å². The molecule has 1 atom stereocenters. The van der Waals surface area contributed by atoms with Crippen LogP contribution < -0.4 is 30.1 Å². The van der Waals surface area contributed by atoms with E-state index < -0.39 is 12.0 Å². The number of aromatic nitrogens is 3. The zero-order chi connectivity index (χ0) is 29.8. The summed E-state index contributed by atoms with van der Waals surface area (Å²) in [5.41, 5.74) is 3.95. The number of hydrogen-bond donors (Lipinski definition) is 0. The molecule has 4 heterocycles. The van der Waals surface area contributed by atoms with Crippen LogP contribution in [0.25, 0.3) is 22.8 Å². The van der Waals surface area contributed by atoms with Crippen LogP contribution in [0.2, 0.25) is 0 Å². The summed E-state index contributed by atoms with van der Waals surface area (Å²) >= 11 is 1.24. The SMILES string of the molecule is CCOC(=O)C1=C(c2ccccc2)N=c2s/c(=C/c3ccc4c(c3)n(C)c(=O)n4C)c(=O)n2C1c1ccc2c(c1)OCO2. The highest BCUT2D eigenvalue weighted by Gasteiger charge is 2.36. The number of ether oxygens (including phenoxy) is 3. The van der Waals surface area contributed by atoms with Crippen LogP contribution in [0.3, 0.4) is 0 Å². The molecular formula is C32H26N4O6S. The van der Waals surface area contributed by atoms with E-state index in [2.05, 4.69) is 0 Å². The van der Waals surface area contributed by atoms with Gasteiger partial charge in [0.25, 0.3) is 5.56 Å². The van der Waals surface area contributed by atoms with Gasteiger partial charge in [0.1, 0.15) is 0 Å². The van der Waals surface area contributed by atoms with E-state index in [1.807, 2.05) is 54.6 Å². The Morgan fingerprint density at radius 3 is 2.56 bits per heavy atom. The van der Waals surface area contributed by atoms with E-state index in [1.54, 1.807) is 52.9 Å². The first kappa shape index (κ1) is 26.7. The molecule has 3 aromatic carbocycles. The fourth-order valence-electron chi connectivity index (χ4n) is 5.60. The lowest BCUT2D eigenvalue weighted by Crippen LogP contribution is -2.40. The van der Waals surface area contributed by atoms with Crippen molar-refractivity contribution in [3.05, 3.63) is 119 Å². The molecule has 2 aliphatic rings. The lowest BCUT2D eigenvalue weighted by atomic mass is 9.93. The lowest BCUT2D eigenvalue weighted by molar-refractivity contribution is -0.138. The molecule has 0 amide bonds. The first-order valence-corrected chi connectivity index (χ1v) is 14.5. The van der Waals surface area contributed by atoms with Crippen LogP contribution in [0.4, 0.5) is 0 Å². The van der Waals surface area contributed by atoms with Crippen LogP contribution >= 0.6 is 11.3 Å². The number of carbonyl (C=O) groups is 1. The van der Waals surface area contributed by atoms with Gasteiger partial charge in [0.2, 0.25) is 6.79 Å². The van der Waals surface area contributed by atoms with Gasteiger partial charge in [0.15, 0.2) is 16.3 Å². The summed E-state index contributed by atoms with van der Waals surface area (Å²) in [6, 6.07) is 19.6. The molecular weight excluding hydrogens is 568 g/mol. The van der Waals surface area contributed by atoms with Crippen molar-refractivity contribution in [2.24, 2.45) is 19.1 Å². The predicted molar refractivity (Wildman–Crippen MR) is 162 cm³/mol. The molecule has 0 fully saturated rings. The van der Waals surface area contributed by atoms with Crippen LogP contribution in [0.15, 0.2) is 86.9 Å². The quantitative estimate of drug-likeness (QED) is 0.290. The minimum Gasteiger partial charge on any atom is -0.463 e. The number of nitrogens with zero attached hydrogens (tertiary/aromatic N) is 4. The fourth-order valence-corrected chi connectivity index (χ4v) is 6.60. The summed E-state index contributed by atoms with van der Waals surface area (Å²) in [5, 5.41) is 0. The zero-order valence-electron chi connectivity index (χ0n) is 23.6. The monoisotopic (exact) mass is 594 g/mol. The summed E-state index contributed by atoms with van der Waals surface area (Å²) in [7, 11) is 3.44. The van der Waals surface area contributed by atoms with E-state index in [0.29, 0.717) is 32.1 Å². The Morgan fingerprint density at radius 1 is 1.00 bits per heavy atom. The smallest absolute Gasteiger partial charge is 0.338 e. The molecule has 0 bridgehead atoms. The molecule has 7 rings (SSSR count). The number of carbonyl (C=O) groups excluding carboxylic acids is 1. The highest BCUT2D eigenvalue weighted by atomic mass is 32.1. The molecule has 43 heavy (non-hydrogen) atoms. The molecule has 0 N–H and O–H groups in total. The third-order valence-corrected chi connectivity index (χ3v) is 8.66. The highest BCUT2D eigenvalue weighted by molar-refractivity contribution is 7.07. The van der Waals surface area contributed by atoms with Gasteiger partial charge >= 0.3 is 11.7 Å². The van der Waals surface area contributed by atoms with Crippen molar-refractivity contribution in [3.63, 3.8) is 0 Å². The maximum Gasteiger partial charge on any atom is 0.338 e. The second-order valence-corrected chi connectivity index (χ2v) is 11.2. The van der Waals surface area contributed by atoms with Crippen molar-refractivity contribution in [3.8, 4) is 11.5 Å². The minimum atomic E-state index is -0.834. The summed E-state index contributed by atoms with van der Waals surface area (Å²) in [5.74, 6) is 0.562. The predicted octanol–water partition coefficient (Wildman–Crippen LogP) is 2.85. The number of aryl methyl sites for hydroxylation is 2. The van der Waals surface area contributed by atoms with Crippen LogP contribution in [0.5, 0.6) is 11.5 Å². The van der Waals surface area contributed by atoms with E-state index in [1.165, 1.54) is 11.3 Å². The van der Waals surface area contributed by atoms with Crippen molar-refractivity contribution >= 4 is 40.1 Å². The molecule has 216 valence electrons. The normalized spacial score (nSPS) is 16.0. The van der Waals surface area contributed by atoms with E-state index in [4.69, 9.17) is 19.2 Å². The first-order chi connectivity index (χ1) is 20.9. The van der Waals surface area contributed by atoms with E-state index >= 15 is 0 Å². The molecule has 2 aliphatic heterocycles. The van der Waals surface area contributed by atoms with Crippen molar-refractivity contribution in [2.75, 3.05) is 13.4 Å². The Hall–Kier alpha value is -5.16. The average molecular weight is 595 g/mol. The topological polar surface area (TPSA) is 106 Å². The van der Waals surface area contributed by atoms with E-state index in [0.717, 1.165) is 22.2 Å². The third kappa shape index (κ3) is 4.31. The van der Waals surface area contributed by atoms with Crippen molar-refractivity contribution in [1.82, 2.24) is 13.7 Å². The molecule has 1 unspecified atom stereocenters. The molecule has 5 aromatic rings. The number of imidazole rings is 1. The van der Waals surface area contributed by atoms with Crippen LogP contribution in [0.1, 0.15) is 29.7 Å². The number of fused-ring (bicyclic) bond motifs is 3. The van der Waals surface area contributed by atoms with Crippen LogP contribution in [0, 0.1) is 0 Å². The summed E-state index contributed by atoms with van der Waals surface area (Å²) in [4.78, 5) is 45.6. The number of esters is 1. The number of benzene rings is 3. The molecule has 2 aromatic heterocycles. The lowest BCUT2D eigenvalue weighted by Gasteiger charge is -2.26. The Labute approximate surface area is 248 Å². The van der Waals surface area contributed by atoms with Crippen LogP contribution in [-0.2, 0) is 23.6 Å². The fraction of sp³-hybridized carbons (Fsp3) is 0.188. The molecule has 0 saturated carbocycles. The minimum absolute atomic E-state index is 0.0920. The van der Waals surface area contributed by atoms with E-state index in [9.17, 15) is 14.4 Å². The van der Waals surface area contributed by atoms with Gasteiger partial charge in [-0.25, -0.2) is 14.6 Å². The number of thiazole rings is 1. The van der Waals surface area contributed by atoms with Gasteiger partial charge in [0, 0.05) is 19.7 Å². The molecule has 0 aliphatic carbocycles.